The number of hydrogen-bond donors (Lipinski definition) is 0. The first-order valence-corrected chi connectivity index (χ1v) is 9.05. The fraction of sp³-hybridized carbons (Fsp3) is 0.867. The molecule has 1 aromatic rings. The molecule has 0 aliphatic carbocycles. The first-order valence-electron chi connectivity index (χ1n) is 9.05. The normalized spacial score (nSPS) is 16.3. The van der Waals surface area contributed by atoms with E-state index in [1.807, 2.05) is 0 Å². The lowest BCUT2D eigenvalue weighted by molar-refractivity contribution is -0.475. The lowest BCUT2D eigenvalue weighted by Gasteiger charge is -2.44. The van der Waals surface area contributed by atoms with Crippen molar-refractivity contribution >= 4 is 0 Å². The molecule has 0 aliphatic rings. The van der Waals surface area contributed by atoms with Crippen LogP contribution in [-0.4, -0.2) is 68.6 Å². The lowest BCUT2D eigenvalue weighted by atomic mass is 9.86. The van der Waals surface area contributed by atoms with Crippen LogP contribution in [0.25, 0.3) is 0 Å². The summed E-state index contributed by atoms with van der Waals surface area (Å²) >= 11 is 0. The molecule has 0 aliphatic heterocycles. The summed E-state index contributed by atoms with van der Waals surface area (Å²) in [4.78, 5) is 0. The SMILES string of the molecule is CC(C)n1cc(C(F)(F)C(F)(F)C(F)(F)C(F)(F)C(F)(F)C(F)(F)C(F)(F)C(F)(F)C(F)(F)C(F)(F)F)nn1. The van der Waals surface area contributed by atoms with Crippen LogP contribution in [0.5, 0.6) is 0 Å². The molecule has 24 heteroatoms. The summed E-state index contributed by atoms with van der Waals surface area (Å²) in [5, 5.41) is 4.80. The minimum Gasteiger partial charge on any atom is -0.250 e. The summed E-state index contributed by atoms with van der Waals surface area (Å²) in [5.41, 5.74) is -2.74. The van der Waals surface area contributed by atoms with Gasteiger partial charge in [-0.25, -0.2) is 4.68 Å². The maximum absolute atomic E-state index is 14.0. The summed E-state index contributed by atoms with van der Waals surface area (Å²) in [6.07, 6.45) is -8.40. The molecule has 39 heavy (non-hydrogen) atoms. The molecule has 0 amide bonds. The zero-order chi connectivity index (χ0) is 31.9. The van der Waals surface area contributed by atoms with E-state index in [2.05, 4.69) is 10.3 Å². The monoisotopic (exact) mass is 629 g/mol. The first kappa shape index (κ1) is 34.7. The third-order valence-electron chi connectivity index (χ3n) is 4.87. The molecule has 1 aromatic heterocycles. The van der Waals surface area contributed by atoms with Crippen molar-refractivity contribution in [2.75, 3.05) is 0 Å². The van der Waals surface area contributed by atoms with Gasteiger partial charge in [-0.3, -0.25) is 0 Å². The highest BCUT2D eigenvalue weighted by molar-refractivity contribution is 5.20. The van der Waals surface area contributed by atoms with Crippen LogP contribution in [0.1, 0.15) is 25.6 Å². The van der Waals surface area contributed by atoms with Gasteiger partial charge in [-0.2, -0.15) is 92.2 Å². The molecule has 0 saturated carbocycles. The van der Waals surface area contributed by atoms with Gasteiger partial charge >= 0.3 is 59.5 Å². The molecular weight excluding hydrogens is 621 g/mol. The van der Waals surface area contributed by atoms with Crippen LogP contribution in [0, 0.1) is 0 Å². The molecule has 230 valence electrons. The average Bonchev–Trinajstić information content (AvgIpc) is 3.23. The predicted octanol–water partition coefficient (Wildman–Crippen LogP) is 7.60. The Bertz CT molecular complexity index is 1030. The topological polar surface area (TPSA) is 30.7 Å². The van der Waals surface area contributed by atoms with Gasteiger partial charge in [0.15, 0.2) is 5.69 Å². The van der Waals surface area contributed by atoms with E-state index in [9.17, 15) is 92.2 Å². The van der Waals surface area contributed by atoms with Gasteiger partial charge in [-0.05, 0) is 13.8 Å². The van der Waals surface area contributed by atoms with Gasteiger partial charge < -0.3 is 0 Å². The maximum Gasteiger partial charge on any atom is 0.460 e. The van der Waals surface area contributed by atoms with E-state index in [0.717, 1.165) is 13.8 Å². The van der Waals surface area contributed by atoms with E-state index in [1.54, 1.807) is 0 Å². The molecule has 0 aromatic carbocycles. The summed E-state index contributed by atoms with van der Waals surface area (Å²) in [7, 11) is 0. The Hall–Kier alpha value is -2.33. The molecule has 3 nitrogen and oxygen atoms in total. The smallest absolute Gasteiger partial charge is 0.250 e. The van der Waals surface area contributed by atoms with E-state index in [0.29, 0.717) is 0 Å². The van der Waals surface area contributed by atoms with Crippen LogP contribution in [0.15, 0.2) is 6.20 Å². The van der Waals surface area contributed by atoms with Gasteiger partial charge in [0.05, 0.1) is 6.20 Å². The van der Waals surface area contributed by atoms with E-state index in [4.69, 9.17) is 0 Å². The van der Waals surface area contributed by atoms with Crippen LogP contribution in [0.4, 0.5) is 92.2 Å². The summed E-state index contributed by atoms with van der Waals surface area (Å²) < 4.78 is 280. The van der Waals surface area contributed by atoms with Crippen molar-refractivity contribution < 1.29 is 92.2 Å². The molecule has 0 spiro atoms. The van der Waals surface area contributed by atoms with Crippen LogP contribution in [-0.2, 0) is 5.92 Å². The zero-order valence-electron chi connectivity index (χ0n) is 17.9. The van der Waals surface area contributed by atoms with Crippen molar-refractivity contribution in [3.8, 4) is 0 Å². The molecule has 0 bridgehead atoms. The molecule has 0 radical (unpaired) electrons. The summed E-state index contributed by atoms with van der Waals surface area (Å²) in [6, 6.07) is -1.13. The molecule has 1 rings (SSSR count). The molecule has 0 N–H and O–H groups in total. The van der Waals surface area contributed by atoms with Crippen LogP contribution >= 0.6 is 0 Å². The van der Waals surface area contributed by atoms with E-state index >= 15 is 0 Å². The second kappa shape index (κ2) is 8.83. The predicted molar refractivity (Wildman–Crippen MR) is 79.9 cm³/mol. The number of nitrogens with zero attached hydrogens (tertiary/aromatic N) is 3. The largest absolute Gasteiger partial charge is 0.460 e. The van der Waals surface area contributed by atoms with Crippen LogP contribution in [0.3, 0.4) is 0 Å². The third kappa shape index (κ3) is 4.24. The molecular formula is C15H8F21N3. The summed E-state index contributed by atoms with van der Waals surface area (Å²) in [5.74, 6) is -77.5. The molecule has 0 unspecified atom stereocenters. The highest BCUT2D eigenvalue weighted by Gasteiger charge is 2.98. The average molecular weight is 629 g/mol. The van der Waals surface area contributed by atoms with Crippen molar-refractivity contribution in [2.24, 2.45) is 0 Å². The van der Waals surface area contributed by atoms with Gasteiger partial charge in [0.25, 0.3) is 0 Å². The first-order chi connectivity index (χ1) is 16.7. The Morgan fingerprint density at radius 3 is 1.03 bits per heavy atom. The summed E-state index contributed by atoms with van der Waals surface area (Å²) in [6.45, 7) is 2.05. The second-order valence-corrected chi connectivity index (χ2v) is 7.84. The van der Waals surface area contributed by atoms with E-state index in [-0.39, 0.29) is 10.9 Å². The Labute approximate surface area is 199 Å². The van der Waals surface area contributed by atoms with Crippen molar-refractivity contribution in [2.45, 2.75) is 79.4 Å². The fourth-order valence-electron chi connectivity index (χ4n) is 2.39. The van der Waals surface area contributed by atoms with Crippen LogP contribution < -0.4 is 0 Å². The maximum atomic E-state index is 14.0. The third-order valence-corrected chi connectivity index (χ3v) is 4.87. The minimum absolute atomic E-state index is 0.141. The molecule has 0 atom stereocenters. The Morgan fingerprint density at radius 1 is 0.487 bits per heavy atom. The lowest BCUT2D eigenvalue weighted by Crippen LogP contribution is -2.76. The van der Waals surface area contributed by atoms with Crippen molar-refractivity contribution in [1.29, 1.82) is 0 Å². The van der Waals surface area contributed by atoms with Crippen molar-refractivity contribution in [3.63, 3.8) is 0 Å². The molecule has 0 saturated heterocycles. The van der Waals surface area contributed by atoms with Gasteiger partial charge in [-0.15, -0.1) is 5.10 Å². The number of halogens is 21. The Morgan fingerprint density at radius 2 is 0.769 bits per heavy atom. The van der Waals surface area contributed by atoms with Crippen molar-refractivity contribution in [3.05, 3.63) is 11.9 Å². The standard InChI is InChI=1S/C15H8F21N3/c1-4(2)39-3-5(37-38-39)6(16,17)7(18,19)8(20,21)9(22,23)10(24,25)11(26,27)12(28,29)13(30,31)14(32,33)15(34,35)36/h3-4H,1-2H3. The van der Waals surface area contributed by atoms with Gasteiger partial charge in [0.1, 0.15) is 0 Å². The Balaban J connectivity index is 3.80. The number of rotatable bonds is 10. The highest BCUT2D eigenvalue weighted by atomic mass is 19.4. The van der Waals surface area contributed by atoms with Gasteiger partial charge in [0.2, 0.25) is 0 Å². The van der Waals surface area contributed by atoms with Gasteiger partial charge in [-0.1, -0.05) is 5.21 Å². The highest BCUT2D eigenvalue weighted by Crippen LogP contribution is 2.66. The number of hydrogen-bond acceptors (Lipinski definition) is 2. The minimum atomic E-state index is -9.20. The number of alkyl halides is 21. The zero-order valence-corrected chi connectivity index (χ0v) is 17.9. The number of aromatic nitrogens is 3. The van der Waals surface area contributed by atoms with E-state index < -0.39 is 71.2 Å². The molecule has 0 fully saturated rings. The van der Waals surface area contributed by atoms with Crippen molar-refractivity contribution in [1.82, 2.24) is 15.0 Å². The fourth-order valence-corrected chi connectivity index (χ4v) is 2.39. The van der Waals surface area contributed by atoms with Crippen LogP contribution in [0.2, 0.25) is 0 Å². The van der Waals surface area contributed by atoms with Gasteiger partial charge in [0, 0.05) is 6.04 Å². The molecule has 1 heterocycles. The second-order valence-electron chi connectivity index (χ2n) is 7.84. The van der Waals surface area contributed by atoms with E-state index in [1.165, 1.54) is 0 Å². The Kier molecular flexibility index (Phi) is 7.86. The quantitative estimate of drug-likeness (QED) is 0.250.